The number of hydrogen-bond donors (Lipinski definition) is 1. The Morgan fingerprint density at radius 2 is 1.96 bits per heavy atom. The van der Waals surface area contributed by atoms with Crippen molar-refractivity contribution >= 4 is 22.2 Å². The van der Waals surface area contributed by atoms with Crippen LogP contribution < -0.4 is 5.32 Å². The van der Waals surface area contributed by atoms with Crippen molar-refractivity contribution < 1.29 is 31.7 Å². The summed E-state index contributed by atoms with van der Waals surface area (Å²) >= 11 is 0. The van der Waals surface area contributed by atoms with E-state index in [0.29, 0.717) is 12.8 Å². The Morgan fingerprint density at radius 3 is 2.56 bits per heavy atom. The van der Waals surface area contributed by atoms with Crippen molar-refractivity contribution in [1.29, 1.82) is 0 Å². The van der Waals surface area contributed by atoms with Gasteiger partial charge in [0.2, 0.25) is 0 Å². The van der Waals surface area contributed by atoms with Crippen LogP contribution in [-0.4, -0.2) is 46.0 Å². The number of rotatable bonds is 8. The number of amides is 1. The van der Waals surface area contributed by atoms with Crippen molar-refractivity contribution in [2.75, 3.05) is 20.0 Å². The summed E-state index contributed by atoms with van der Waals surface area (Å²) in [6.45, 7) is 0.00870. The highest BCUT2D eigenvalue weighted by molar-refractivity contribution is 7.85. The molecule has 1 aliphatic rings. The van der Waals surface area contributed by atoms with Crippen molar-refractivity contribution in [2.24, 2.45) is 5.92 Å². The minimum atomic E-state index is -3.55. The number of carbonyl (C=O) groups excluding carboxylic acids is 2. The molecule has 1 N–H and O–H groups in total. The van der Waals surface area contributed by atoms with Gasteiger partial charge in [-0.05, 0) is 24.3 Å². The lowest BCUT2D eigenvalue weighted by molar-refractivity contribution is -0.144. The number of ether oxygens (including phenoxy) is 2. The van der Waals surface area contributed by atoms with E-state index in [1.807, 2.05) is 30.3 Å². The second kappa shape index (κ2) is 7.83. The molecule has 0 radical (unpaired) electrons. The summed E-state index contributed by atoms with van der Waals surface area (Å²) in [5.74, 6) is -0.862. The van der Waals surface area contributed by atoms with Crippen LogP contribution in [0, 0.1) is 5.92 Å². The molecule has 0 saturated heterocycles. The first-order chi connectivity index (χ1) is 11.8. The first-order valence-corrected chi connectivity index (χ1v) is 9.50. The molecule has 0 spiro atoms. The van der Waals surface area contributed by atoms with E-state index in [9.17, 15) is 18.0 Å². The maximum absolute atomic E-state index is 12.0. The van der Waals surface area contributed by atoms with Crippen LogP contribution in [0.1, 0.15) is 18.4 Å². The van der Waals surface area contributed by atoms with Crippen molar-refractivity contribution in [2.45, 2.75) is 25.0 Å². The van der Waals surface area contributed by atoms with Gasteiger partial charge in [-0.1, -0.05) is 30.3 Å². The summed E-state index contributed by atoms with van der Waals surface area (Å²) in [5.41, 5.74) is -0.373. The summed E-state index contributed by atoms with van der Waals surface area (Å²) < 4.78 is 36.5. The van der Waals surface area contributed by atoms with E-state index in [-0.39, 0.29) is 19.1 Å². The van der Waals surface area contributed by atoms with E-state index in [1.165, 1.54) is 7.11 Å². The maximum atomic E-state index is 12.0. The monoisotopic (exact) mass is 371 g/mol. The molecule has 1 aromatic carbocycles. The zero-order valence-electron chi connectivity index (χ0n) is 14.1. The summed E-state index contributed by atoms with van der Waals surface area (Å²) in [6, 6.07) is 9.12. The molecule has 25 heavy (non-hydrogen) atoms. The van der Waals surface area contributed by atoms with Crippen LogP contribution in [0.3, 0.4) is 0 Å². The van der Waals surface area contributed by atoms with Crippen LogP contribution in [0.15, 0.2) is 30.3 Å². The molecule has 0 bridgehead atoms. The predicted molar refractivity (Wildman–Crippen MR) is 88.0 cm³/mol. The van der Waals surface area contributed by atoms with Gasteiger partial charge in [-0.3, -0.25) is 4.18 Å². The molecule has 8 nitrogen and oxygen atoms in total. The second-order valence-electron chi connectivity index (χ2n) is 5.87. The van der Waals surface area contributed by atoms with E-state index in [1.54, 1.807) is 0 Å². The zero-order valence-corrected chi connectivity index (χ0v) is 14.9. The van der Waals surface area contributed by atoms with E-state index in [0.717, 1.165) is 11.8 Å². The molecule has 1 aliphatic carbocycles. The number of carbonyl (C=O) groups is 2. The summed E-state index contributed by atoms with van der Waals surface area (Å²) in [7, 11) is -2.32. The van der Waals surface area contributed by atoms with Gasteiger partial charge in [0, 0.05) is 0 Å². The largest absolute Gasteiger partial charge is 0.467 e. The Bertz CT molecular complexity index is 719. The first-order valence-electron chi connectivity index (χ1n) is 7.68. The number of alkyl carbamates (subject to hydrolysis) is 1. The lowest BCUT2D eigenvalue weighted by Crippen LogP contribution is -2.46. The first kappa shape index (κ1) is 19.2. The third-order valence-corrected chi connectivity index (χ3v) is 4.55. The smallest absolute Gasteiger partial charge is 0.408 e. The van der Waals surface area contributed by atoms with Crippen LogP contribution in [0.25, 0.3) is 0 Å². The number of esters is 1. The molecular formula is C16H21NO7S. The average molecular weight is 371 g/mol. The fourth-order valence-electron chi connectivity index (χ4n) is 2.60. The number of hydrogen-bond acceptors (Lipinski definition) is 7. The summed E-state index contributed by atoms with van der Waals surface area (Å²) in [5, 5.41) is 2.55. The lowest BCUT2D eigenvalue weighted by atomic mass is 10.1. The van der Waals surface area contributed by atoms with Gasteiger partial charge in [-0.2, -0.15) is 8.42 Å². The van der Waals surface area contributed by atoms with Gasteiger partial charge in [-0.25, -0.2) is 9.59 Å². The van der Waals surface area contributed by atoms with Crippen molar-refractivity contribution in [1.82, 2.24) is 5.32 Å². The molecule has 1 fully saturated rings. The maximum Gasteiger partial charge on any atom is 0.408 e. The molecule has 0 aliphatic heterocycles. The van der Waals surface area contributed by atoms with Gasteiger partial charge in [0.25, 0.3) is 10.1 Å². The van der Waals surface area contributed by atoms with E-state index < -0.39 is 27.7 Å². The highest BCUT2D eigenvalue weighted by Crippen LogP contribution is 2.47. The molecule has 1 aromatic rings. The fraction of sp³-hybridized carbons (Fsp3) is 0.500. The molecular weight excluding hydrogens is 350 g/mol. The van der Waals surface area contributed by atoms with Gasteiger partial charge in [0.05, 0.1) is 20.0 Å². The molecule has 2 atom stereocenters. The van der Waals surface area contributed by atoms with E-state index in [2.05, 4.69) is 9.50 Å². The molecule has 1 amide bonds. The Labute approximate surface area is 146 Å². The highest BCUT2D eigenvalue weighted by Gasteiger charge is 2.62. The Kier molecular flexibility index (Phi) is 6.02. The topological polar surface area (TPSA) is 108 Å². The van der Waals surface area contributed by atoms with Crippen LogP contribution in [0.5, 0.6) is 0 Å². The van der Waals surface area contributed by atoms with Gasteiger partial charge >= 0.3 is 12.1 Å². The van der Waals surface area contributed by atoms with Gasteiger partial charge in [0.1, 0.15) is 12.1 Å². The SMILES string of the molecule is COC(=O)[C@]1(NC(=O)OCc2ccccc2)C[C@@H]1CCOS(C)(=O)=O. The quantitative estimate of drug-likeness (QED) is 0.540. The molecule has 1 saturated carbocycles. The minimum Gasteiger partial charge on any atom is -0.467 e. The van der Waals surface area contributed by atoms with Gasteiger partial charge < -0.3 is 14.8 Å². The van der Waals surface area contributed by atoms with E-state index in [4.69, 9.17) is 9.47 Å². The molecule has 2 rings (SSSR count). The number of methoxy groups -OCH3 is 1. The van der Waals surface area contributed by atoms with E-state index >= 15 is 0 Å². The Balaban J connectivity index is 1.88. The molecule has 0 unspecified atom stereocenters. The Morgan fingerprint density at radius 1 is 1.28 bits per heavy atom. The van der Waals surface area contributed by atoms with Gasteiger partial charge in [-0.15, -0.1) is 0 Å². The standard InChI is InChI=1S/C16H21NO7S/c1-22-14(18)16(10-13(16)8-9-24-25(2,20)21)17-15(19)23-11-12-6-4-3-5-7-12/h3-7,13H,8-11H2,1-2H3,(H,17,19)/t13-,16-/m0/s1. The van der Waals surface area contributed by atoms with Crippen LogP contribution in [0.2, 0.25) is 0 Å². The van der Waals surface area contributed by atoms with Crippen molar-refractivity contribution in [3.05, 3.63) is 35.9 Å². The van der Waals surface area contributed by atoms with Gasteiger partial charge in [0.15, 0.2) is 0 Å². The molecule has 9 heteroatoms. The van der Waals surface area contributed by atoms with Crippen LogP contribution in [0.4, 0.5) is 4.79 Å². The average Bonchev–Trinajstić information content (AvgIpc) is 3.25. The predicted octanol–water partition coefficient (Wildman–Crippen LogP) is 1.21. The zero-order chi connectivity index (χ0) is 18.5. The molecule has 0 aromatic heterocycles. The summed E-state index contributed by atoms with van der Waals surface area (Å²) in [4.78, 5) is 24.0. The van der Waals surface area contributed by atoms with Crippen molar-refractivity contribution in [3.8, 4) is 0 Å². The third-order valence-electron chi connectivity index (χ3n) is 3.96. The lowest BCUT2D eigenvalue weighted by Gasteiger charge is -2.17. The van der Waals surface area contributed by atoms with Crippen LogP contribution in [-0.2, 0) is 35.2 Å². The number of nitrogens with one attached hydrogen (secondary N) is 1. The summed E-state index contributed by atoms with van der Waals surface area (Å²) in [6.07, 6.45) is 0.849. The Hall–Kier alpha value is -2.13. The fourth-order valence-corrected chi connectivity index (χ4v) is 3.00. The third kappa shape index (κ3) is 5.43. The van der Waals surface area contributed by atoms with Crippen molar-refractivity contribution in [3.63, 3.8) is 0 Å². The molecule has 138 valence electrons. The number of benzene rings is 1. The van der Waals surface area contributed by atoms with Crippen LogP contribution >= 0.6 is 0 Å². The molecule has 0 heterocycles. The minimum absolute atomic E-state index is 0.0665. The second-order valence-corrected chi connectivity index (χ2v) is 7.51. The highest BCUT2D eigenvalue weighted by atomic mass is 32.2. The normalized spacial score (nSPS) is 22.1.